The van der Waals surface area contributed by atoms with Crippen LogP contribution in [0.1, 0.15) is 50.0 Å². The van der Waals surface area contributed by atoms with Crippen molar-refractivity contribution < 1.29 is 0 Å². The zero-order valence-electron chi connectivity index (χ0n) is 10.3. The van der Waals surface area contributed by atoms with E-state index in [1.54, 1.807) is 0 Å². The van der Waals surface area contributed by atoms with Gasteiger partial charge in [0.2, 0.25) is 0 Å². The molecule has 0 bridgehead atoms. The van der Waals surface area contributed by atoms with Gasteiger partial charge in [0, 0.05) is 18.9 Å². The fourth-order valence-corrected chi connectivity index (χ4v) is 2.74. The maximum Gasteiger partial charge on any atom is 0.122 e. The number of nitrogens with zero attached hydrogens (tertiary/aromatic N) is 2. The van der Waals surface area contributed by atoms with Crippen LogP contribution in [-0.2, 0) is 20.0 Å². The number of aromatic nitrogens is 2. The highest BCUT2D eigenvalue weighted by Crippen LogP contribution is 2.27. The molecule has 3 heteroatoms. The molecule has 1 heterocycles. The second kappa shape index (κ2) is 5.48. The highest BCUT2D eigenvalue weighted by Gasteiger charge is 2.14. The molecule has 1 fully saturated rings. The summed E-state index contributed by atoms with van der Waals surface area (Å²) in [7, 11) is 2.07. The van der Waals surface area contributed by atoms with Crippen molar-refractivity contribution in [1.82, 2.24) is 9.55 Å². The lowest BCUT2D eigenvalue weighted by molar-refractivity contribution is 0.337. The molecule has 0 radical (unpaired) electrons. The van der Waals surface area contributed by atoms with Crippen molar-refractivity contribution >= 4 is 0 Å². The molecule has 2 rings (SSSR count). The summed E-state index contributed by atoms with van der Waals surface area (Å²) in [4.78, 5) is 4.34. The molecule has 0 amide bonds. The fraction of sp³-hybridized carbons (Fsp3) is 0.769. The summed E-state index contributed by atoms with van der Waals surface area (Å²) in [6, 6.07) is 0. The van der Waals surface area contributed by atoms with Crippen LogP contribution in [0.2, 0.25) is 0 Å². The van der Waals surface area contributed by atoms with E-state index < -0.39 is 0 Å². The third kappa shape index (κ3) is 2.64. The Balaban J connectivity index is 1.86. The molecular formula is C13H23N3. The SMILES string of the molecule is Cn1c(CCC2CCCCC2)cnc1CN. The van der Waals surface area contributed by atoms with Crippen molar-refractivity contribution in [2.75, 3.05) is 0 Å². The Labute approximate surface area is 98.1 Å². The number of nitrogens with two attached hydrogens (primary N) is 1. The smallest absolute Gasteiger partial charge is 0.122 e. The van der Waals surface area contributed by atoms with Gasteiger partial charge in [-0.15, -0.1) is 0 Å². The number of hydrogen-bond donors (Lipinski definition) is 1. The summed E-state index contributed by atoms with van der Waals surface area (Å²) < 4.78 is 2.16. The molecule has 0 spiro atoms. The molecule has 1 saturated carbocycles. The standard InChI is InChI=1S/C13H23N3/c1-16-12(10-15-13(16)9-14)8-7-11-5-3-2-4-6-11/h10-11H,2-9,14H2,1H3. The summed E-state index contributed by atoms with van der Waals surface area (Å²) in [6.07, 6.45) is 11.7. The molecule has 1 aliphatic carbocycles. The Morgan fingerprint density at radius 3 is 2.75 bits per heavy atom. The molecule has 0 atom stereocenters. The molecule has 0 aliphatic heterocycles. The van der Waals surface area contributed by atoms with Gasteiger partial charge in [-0.05, 0) is 18.8 Å². The van der Waals surface area contributed by atoms with Crippen LogP contribution in [0.25, 0.3) is 0 Å². The van der Waals surface area contributed by atoms with E-state index in [0.717, 1.165) is 18.2 Å². The largest absolute Gasteiger partial charge is 0.334 e. The minimum Gasteiger partial charge on any atom is -0.334 e. The third-order valence-corrected chi connectivity index (χ3v) is 3.90. The second-order valence-corrected chi connectivity index (χ2v) is 4.97. The van der Waals surface area contributed by atoms with Crippen molar-refractivity contribution in [3.8, 4) is 0 Å². The number of aryl methyl sites for hydroxylation is 1. The average molecular weight is 221 g/mol. The maximum atomic E-state index is 5.62. The van der Waals surface area contributed by atoms with E-state index >= 15 is 0 Å². The van der Waals surface area contributed by atoms with Crippen LogP contribution in [0, 0.1) is 5.92 Å². The van der Waals surface area contributed by atoms with Gasteiger partial charge >= 0.3 is 0 Å². The molecule has 3 nitrogen and oxygen atoms in total. The Hall–Kier alpha value is -0.830. The van der Waals surface area contributed by atoms with Gasteiger partial charge in [0.05, 0.1) is 6.54 Å². The van der Waals surface area contributed by atoms with Gasteiger partial charge in [0.1, 0.15) is 5.82 Å². The van der Waals surface area contributed by atoms with Crippen LogP contribution in [0.4, 0.5) is 0 Å². The molecule has 0 saturated heterocycles. The monoisotopic (exact) mass is 221 g/mol. The van der Waals surface area contributed by atoms with Gasteiger partial charge in [-0.3, -0.25) is 0 Å². The number of rotatable bonds is 4. The zero-order chi connectivity index (χ0) is 11.4. The van der Waals surface area contributed by atoms with E-state index in [1.807, 2.05) is 6.20 Å². The summed E-state index contributed by atoms with van der Waals surface area (Å²) in [5.74, 6) is 1.95. The number of imidazole rings is 1. The van der Waals surface area contributed by atoms with Gasteiger partial charge < -0.3 is 10.3 Å². The van der Waals surface area contributed by atoms with Gasteiger partial charge in [-0.25, -0.2) is 4.98 Å². The summed E-state index contributed by atoms with van der Waals surface area (Å²) >= 11 is 0. The van der Waals surface area contributed by atoms with Crippen LogP contribution < -0.4 is 5.73 Å². The Morgan fingerprint density at radius 2 is 2.12 bits per heavy atom. The zero-order valence-corrected chi connectivity index (χ0v) is 10.3. The van der Waals surface area contributed by atoms with E-state index in [1.165, 1.54) is 44.2 Å². The molecule has 16 heavy (non-hydrogen) atoms. The fourth-order valence-electron chi connectivity index (χ4n) is 2.74. The summed E-state index contributed by atoms with van der Waals surface area (Å²) in [6.45, 7) is 0.542. The topological polar surface area (TPSA) is 43.8 Å². The lowest BCUT2D eigenvalue weighted by atomic mass is 9.86. The van der Waals surface area contributed by atoms with Gasteiger partial charge in [-0.1, -0.05) is 32.1 Å². The Kier molecular flexibility index (Phi) is 3.99. The molecule has 1 aromatic rings. The molecule has 90 valence electrons. The van der Waals surface area contributed by atoms with Crippen LogP contribution in [-0.4, -0.2) is 9.55 Å². The highest BCUT2D eigenvalue weighted by molar-refractivity contribution is 5.05. The maximum absolute atomic E-state index is 5.62. The molecule has 1 aromatic heterocycles. The van der Waals surface area contributed by atoms with Crippen molar-refractivity contribution in [3.63, 3.8) is 0 Å². The lowest BCUT2D eigenvalue weighted by Crippen LogP contribution is -2.10. The second-order valence-electron chi connectivity index (χ2n) is 4.97. The quantitative estimate of drug-likeness (QED) is 0.848. The van der Waals surface area contributed by atoms with E-state index in [2.05, 4.69) is 16.6 Å². The first kappa shape index (κ1) is 11.6. The van der Waals surface area contributed by atoms with Crippen molar-refractivity contribution in [2.45, 2.75) is 51.5 Å². The normalized spacial score (nSPS) is 17.9. The third-order valence-electron chi connectivity index (χ3n) is 3.90. The van der Waals surface area contributed by atoms with Crippen LogP contribution >= 0.6 is 0 Å². The van der Waals surface area contributed by atoms with Crippen molar-refractivity contribution in [1.29, 1.82) is 0 Å². The molecule has 0 aromatic carbocycles. The number of hydrogen-bond acceptors (Lipinski definition) is 2. The first-order valence-electron chi connectivity index (χ1n) is 6.51. The summed E-state index contributed by atoms with van der Waals surface area (Å²) in [5, 5.41) is 0. The molecule has 2 N–H and O–H groups in total. The predicted octanol–water partition coefficient (Wildman–Crippen LogP) is 2.39. The highest BCUT2D eigenvalue weighted by atomic mass is 15.1. The molecule has 0 unspecified atom stereocenters. The van der Waals surface area contributed by atoms with E-state index in [9.17, 15) is 0 Å². The lowest BCUT2D eigenvalue weighted by Gasteiger charge is -2.21. The van der Waals surface area contributed by atoms with Crippen molar-refractivity contribution in [2.24, 2.45) is 18.7 Å². The molecule has 1 aliphatic rings. The van der Waals surface area contributed by atoms with Crippen LogP contribution in [0.15, 0.2) is 6.20 Å². The predicted molar refractivity (Wildman–Crippen MR) is 66.0 cm³/mol. The first-order chi connectivity index (χ1) is 7.81. The van der Waals surface area contributed by atoms with E-state index in [0.29, 0.717) is 6.54 Å². The Morgan fingerprint density at radius 1 is 1.38 bits per heavy atom. The average Bonchev–Trinajstić information content (AvgIpc) is 2.69. The van der Waals surface area contributed by atoms with Gasteiger partial charge in [0.25, 0.3) is 0 Å². The summed E-state index contributed by atoms with van der Waals surface area (Å²) in [5.41, 5.74) is 6.96. The molecular weight excluding hydrogens is 198 g/mol. The van der Waals surface area contributed by atoms with E-state index in [4.69, 9.17) is 5.73 Å². The van der Waals surface area contributed by atoms with Crippen molar-refractivity contribution in [3.05, 3.63) is 17.7 Å². The minimum atomic E-state index is 0.542. The van der Waals surface area contributed by atoms with Crippen LogP contribution in [0.3, 0.4) is 0 Å². The minimum absolute atomic E-state index is 0.542. The Bertz CT molecular complexity index is 324. The first-order valence-corrected chi connectivity index (χ1v) is 6.51. The van der Waals surface area contributed by atoms with E-state index in [-0.39, 0.29) is 0 Å². The van der Waals surface area contributed by atoms with Gasteiger partial charge in [-0.2, -0.15) is 0 Å². The van der Waals surface area contributed by atoms with Crippen LogP contribution in [0.5, 0.6) is 0 Å². The van der Waals surface area contributed by atoms with Gasteiger partial charge in [0.15, 0.2) is 0 Å².